The standard InChI is InChI=1S/C20H26N2O/c1-4-16-10-12-17(13-11-16)20(15(2)3)21-14-19(23)22-18-8-6-5-7-9-18/h5-13,15,20-21H,4,14H2,1-3H3,(H,22,23)/t20-/m1/s1. The van der Waals surface area contributed by atoms with Crippen LogP contribution in [0.5, 0.6) is 0 Å². The molecule has 1 amide bonds. The Morgan fingerprint density at radius 3 is 2.22 bits per heavy atom. The first kappa shape index (κ1) is 17.2. The zero-order valence-electron chi connectivity index (χ0n) is 14.2. The van der Waals surface area contributed by atoms with Gasteiger partial charge >= 0.3 is 0 Å². The van der Waals surface area contributed by atoms with E-state index in [1.807, 2.05) is 30.3 Å². The predicted octanol–water partition coefficient (Wildman–Crippen LogP) is 4.17. The molecule has 0 aliphatic carbocycles. The zero-order valence-corrected chi connectivity index (χ0v) is 14.2. The van der Waals surface area contributed by atoms with Crippen LogP contribution in [0.25, 0.3) is 0 Å². The van der Waals surface area contributed by atoms with Gasteiger partial charge in [0.05, 0.1) is 6.54 Å². The third kappa shape index (κ3) is 5.22. The molecule has 0 aromatic heterocycles. The highest BCUT2D eigenvalue weighted by molar-refractivity contribution is 5.92. The minimum Gasteiger partial charge on any atom is -0.325 e. The normalized spacial score (nSPS) is 12.2. The minimum atomic E-state index is -0.0213. The number of nitrogens with one attached hydrogen (secondary N) is 2. The molecule has 0 heterocycles. The number of benzene rings is 2. The average Bonchev–Trinajstić information content (AvgIpc) is 2.56. The molecule has 3 nitrogen and oxygen atoms in total. The third-order valence-corrected chi connectivity index (χ3v) is 3.95. The van der Waals surface area contributed by atoms with Crippen molar-refractivity contribution in [2.75, 3.05) is 11.9 Å². The van der Waals surface area contributed by atoms with Gasteiger partial charge in [0.2, 0.25) is 5.91 Å². The van der Waals surface area contributed by atoms with Crippen molar-refractivity contribution in [2.24, 2.45) is 5.92 Å². The van der Waals surface area contributed by atoms with E-state index in [2.05, 4.69) is 55.7 Å². The van der Waals surface area contributed by atoms with Gasteiger partial charge in [0, 0.05) is 11.7 Å². The molecule has 2 rings (SSSR count). The van der Waals surface area contributed by atoms with Crippen LogP contribution in [0, 0.1) is 5.92 Å². The number of carbonyl (C=O) groups excluding carboxylic acids is 1. The lowest BCUT2D eigenvalue weighted by molar-refractivity contribution is -0.115. The summed E-state index contributed by atoms with van der Waals surface area (Å²) in [6, 6.07) is 18.3. The fourth-order valence-corrected chi connectivity index (χ4v) is 2.63. The molecule has 0 aliphatic rings. The maximum Gasteiger partial charge on any atom is 0.238 e. The summed E-state index contributed by atoms with van der Waals surface area (Å²) in [5.41, 5.74) is 3.38. The Balaban J connectivity index is 1.95. The van der Waals surface area contributed by atoms with Crippen LogP contribution in [0.2, 0.25) is 0 Å². The topological polar surface area (TPSA) is 41.1 Å². The Kier molecular flexibility index (Phi) is 6.36. The number of hydrogen-bond acceptors (Lipinski definition) is 2. The highest BCUT2D eigenvalue weighted by Crippen LogP contribution is 2.22. The quantitative estimate of drug-likeness (QED) is 0.805. The van der Waals surface area contributed by atoms with Crippen LogP contribution in [0.4, 0.5) is 5.69 Å². The van der Waals surface area contributed by atoms with Crippen molar-refractivity contribution < 1.29 is 4.79 Å². The van der Waals surface area contributed by atoms with Gasteiger partial charge in [-0.2, -0.15) is 0 Å². The summed E-state index contributed by atoms with van der Waals surface area (Å²) in [5.74, 6) is 0.388. The fraction of sp³-hybridized carbons (Fsp3) is 0.350. The van der Waals surface area contributed by atoms with Crippen LogP contribution in [0.15, 0.2) is 54.6 Å². The number of para-hydroxylation sites is 1. The monoisotopic (exact) mass is 310 g/mol. The number of rotatable bonds is 7. The van der Waals surface area contributed by atoms with E-state index in [0.29, 0.717) is 12.5 Å². The molecule has 0 saturated carbocycles. The maximum absolute atomic E-state index is 12.1. The van der Waals surface area contributed by atoms with Crippen LogP contribution < -0.4 is 10.6 Å². The highest BCUT2D eigenvalue weighted by Gasteiger charge is 2.16. The summed E-state index contributed by atoms with van der Waals surface area (Å²) < 4.78 is 0. The summed E-state index contributed by atoms with van der Waals surface area (Å²) >= 11 is 0. The van der Waals surface area contributed by atoms with Gasteiger partial charge in [-0.25, -0.2) is 0 Å². The van der Waals surface area contributed by atoms with Crippen LogP contribution in [0.3, 0.4) is 0 Å². The molecule has 0 bridgehead atoms. The Labute approximate surface area is 139 Å². The third-order valence-electron chi connectivity index (χ3n) is 3.95. The molecule has 0 unspecified atom stereocenters. The van der Waals surface area contributed by atoms with E-state index in [-0.39, 0.29) is 11.9 Å². The molecule has 122 valence electrons. The number of amides is 1. The number of hydrogen-bond donors (Lipinski definition) is 2. The molecule has 0 fully saturated rings. The van der Waals surface area contributed by atoms with E-state index in [1.54, 1.807) is 0 Å². The highest BCUT2D eigenvalue weighted by atomic mass is 16.1. The number of aryl methyl sites for hydroxylation is 1. The smallest absolute Gasteiger partial charge is 0.238 e. The summed E-state index contributed by atoms with van der Waals surface area (Å²) in [6.45, 7) is 6.79. The second-order valence-electron chi connectivity index (χ2n) is 6.11. The van der Waals surface area contributed by atoms with Gasteiger partial charge in [-0.1, -0.05) is 63.2 Å². The number of anilines is 1. The van der Waals surface area contributed by atoms with E-state index >= 15 is 0 Å². The zero-order chi connectivity index (χ0) is 16.7. The van der Waals surface area contributed by atoms with Gasteiger partial charge in [-0.3, -0.25) is 4.79 Å². The fourth-order valence-electron chi connectivity index (χ4n) is 2.63. The van der Waals surface area contributed by atoms with Crippen molar-refractivity contribution in [3.8, 4) is 0 Å². The van der Waals surface area contributed by atoms with E-state index in [9.17, 15) is 4.79 Å². The molecule has 0 saturated heterocycles. The molecule has 0 aliphatic heterocycles. The van der Waals surface area contributed by atoms with E-state index in [0.717, 1.165) is 12.1 Å². The predicted molar refractivity (Wildman–Crippen MR) is 96.5 cm³/mol. The van der Waals surface area contributed by atoms with Gasteiger partial charge < -0.3 is 10.6 Å². The molecular weight excluding hydrogens is 284 g/mol. The van der Waals surface area contributed by atoms with Gasteiger partial charge in [0.15, 0.2) is 0 Å². The summed E-state index contributed by atoms with van der Waals surface area (Å²) in [5, 5.41) is 6.29. The molecule has 0 radical (unpaired) electrons. The summed E-state index contributed by atoms with van der Waals surface area (Å²) in [6.07, 6.45) is 1.04. The van der Waals surface area contributed by atoms with Crippen LogP contribution in [-0.2, 0) is 11.2 Å². The van der Waals surface area contributed by atoms with Gasteiger partial charge in [0.25, 0.3) is 0 Å². The molecule has 2 aromatic carbocycles. The van der Waals surface area contributed by atoms with Crippen LogP contribution in [-0.4, -0.2) is 12.5 Å². The van der Waals surface area contributed by atoms with Gasteiger partial charge in [-0.15, -0.1) is 0 Å². The van der Waals surface area contributed by atoms with Crippen molar-refractivity contribution in [1.29, 1.82) is 0 Å². The first-order valence-electron chi connectivity index (χ1n) is 8.27. The van der Waals surface area contributed by atoms with Crippen molar-refractivity contribution >= 4 is 11.6 Å². The molecule has 0 spiro atoms. The first-order valence-corrected chi connectivity index (χ1v) is 8.27. The molecule has 3 heteroatoms. The Bertz CT molecular complexity index is 605. The lowest BCUT2D eigenvalue weighted by Crippen LogP contribution is -2.33. The van der Waals surface area contributed by atoms with Crippen molar-refractivity contribution in [2.45, 2.75) is 33.2 Å². The molecule has 2 N–H and O–H groups in total. The maximum atomic E-state index is 12.1. The Morgan fingerprint density at radius 2 is 1.65 bits per heavy atom. The minimum absolute atomic E-state index is 0.0213. The molecule has 2 aromatic rings. The van der Waals surface area contributed by atoms with Crippen molar-refractivity contribution in [3.05, 3.63) is 65.7 Å². The van der Waals surface area contributed by atoms with Gasteiger partial charge in [-0.05, 0) is 35.6 Å². The summed E-state index contributed by atoms with van der Waals surface area (Å²) in [7, 11) is 0. The first-order chi connectivity index (χ1) is 11.1. The second kappa shape index (κ2) is 8.49. The Hall–Kier alpha value is -2.13. The second-order valence-corrected chi connectivity index (χ2v) is 6.11. The Morgan fingerprint density at radius 1 is 1.00 bits per heavy atom. The average molecular weight is 310 g/mol. The SMILES string of the molecule is CCc1ccc([C@H](NCC(=O)Nc2ccccc2)C(C)C)cc1. The van der Waals surface area contributed by atoms with Crippen LogP contribution >= 0.6 is 0 Å². The largest absolute Gasteiger partial charge is 0.325 e. The lowest BCUT2D eigenvalue weighted by atomic mass is 9.95. The molecular formula is C20H26N2O. The molecule has 1 atom stereocenters. The van der Waals surface area contributed by atoms with E-state index in [1.165, 1.54) is 11.1 Å². The molecule has 23 heavy (non-hydrogen) atoms. The summed E-state index contributed by atoms with van der Waals surface area (Å²) in [4.78, 5) is 12.1. The van der Waals surface area contributed by atoms with Gasteiger partial charge in [0.1, 0.15) is 0 Å². The lowest BCUT2D eigenvalue weighted by Gasteiger charge is -2.23. The van der Waals surface area contributed by atoms with Crippen molar-refractivity contribution in [3.63, 3.8) is 0 Å². The number of carbonyl (C=O) groups is 1. The van der Waals surface area contributed by atoms with Crippen LogP contribution in [0.1, 0.15) is 37.9 Å². The van der Waals surface area contributed by atoms with Crippen molar-refractivity contribution in [1.82, 2.24) is 5.32 Å². The van der Waals surface area contributed by atoms with E-state index < -0.39 is 0 Å². The van der Waals surface area contributed by atoms with E-state index in [4.69, 9.17) is 0 Å².